The normalized spacial score (nSPS) is 17.5. The molecule has 1 atom stereocenters. The molecule has 2 aliphatic rings. The SMILES string of the molecule is COC(OC)c1nc2c(cc1CN1C=CC=COC1C)CCCN2C(=O)Oc1ccccc1. The highest BCUT2D eigenvalue weighted by atomic mass is 16.7. The van der Waals surface area contributed by atoms with Crippen molar-refractivity contribution in [2.24, 2.45) is 0 Å². The van der Waals surface area contributed by atoms with Gasteiger partial charge in [-0.25, -0.2) is 9.78 Å². The lowest BCUT2D eigenvalue weighted by Gasteiger charge is -2.31. The highest BCUT2D eigenvalue weighted by Gasteiger charge is 2.30. The van der Waals surface area contributed by atoms with Gasteiger partial charge in [-0.15, -0.1) is 0 Å². The number of nitrogens with zero attached hydrogens (tertiary/aromatic N) is 3. The van der Waals surface area contributed by atoms with Crippen LogP contribution in [0, 0.1) is 0 Å². The summed E-state index contributed by atoms with van der Waals surface area (Å²) < 4.78 is 22.4. The van der Waals surface area contributed by atoms with E-state index in [1.807, 2.05) is 43.5 Å². The fourth-order valence-electron chi connectivity index (χ4n) is 3.97. The molecule has 0 spiro atoms. The third-order valence-electron chi connectivity index (χ3n) is 5.66. The molecular weight excluding hydrogens is 422 g/mol. The first-order valence-electron chi connectivity index (χ1n) is 11.0. The summed E-state index contributed by atoms with van der Waals surface area (Å²) in [5.41, 5.74) is 2.56. The van der Waals surface area contributed by atoms with Crippen molar-refractivity contribution in [2.45, 2.75) is 38.8 Å². The minimum atomic E-state index is -0.676. The summed E-state index contributed by atoms with van der Waals surface area (Å²) in [5.74, 6) is 1.08. The predicted molar refractivity (Wildman–Crippen MR) is 123 cm³/mol. The van der Waals surface area contributed by atoms with Gasteiger partial charge in [0.1, 0.15) is 17.3 Å². The van der Waals surface area contributed by atoms with Gasteiger partial charge in [-0.3, -0.25) is 4.90 Å². The monoisotopic (exact) mass is 451 g/mol. The highest BCUT2D eigenvalue weighted by Crippen LogP contribution is 2.32. The van der Waals surface area contributed by atoms with Gasteiger partial charge in [-0.05, 0) is 61.2 Å². The number of hydrogen-bond acceptors (Lipinski definition) is 7. The molecule has 1 aromatic heterocycles. The van der Waals surface area contributed by atoms with Gasteiger partial charge in [0.2, 0.25) is 6.29 Å². The van der Waals surface area contributed by atoms with Crippen LogP contribution in [0.25, 0.3) is 0 Å². The maximum atomic E-state index is 13.0. The Hall–Kier alpha value is -3.36. The quantitative estimate of drug-likeness (QED) is 0.598. The molecule has 0 fully saturated rings. The van der Waals surface area contributed by atoms with Gasteiger partial charge in [0.25, 0.3) is 0 Å². The molecule has 8 heteroatoms. The summed E-state index contributed by atoms with van der Waals surface area (Å²) in [7, 11) is 3.14. The lowest BCUT2D eigenvalue weighted by Crippen LogP contribution is -2.39. The second-order valence-corrected chi connectivity index (χ2v) is 7.83. The Morgan fingerprint density at radius 1 is 1.21 bits per heavy atom. The van der Waals surface area contributed by atoms with E-state index in [9.17, 15) is 4.79 Å². The standard InChI is InChI=1S/C25H29N3O5/c1-18-27(13-7-8-15-32-18)17-20-16-19-10-9-14-28(23(19)26-22(20)24(30-2)31-3)25(29)33-21-11-5-4-6-12-21/h4-8,11-13,15-16,18,24H,9-10,14,17H2,1-3H3. The maximum Gasteiger partial charge on any atom is 0.420 e. The van der Waals surface area contributed by atoms with Crippen LogP contribution in [-0.2, 0) is 27.2 Å². The Labute approximate surface area is 194 Å². The van der Waals surface area contributed by atoms with Gasteiger partial charge in [0, 0.05) is 33.5 Å². The van der Waals surface area contributed by atoms with Crippen molar-refractivity contribution >= 4 is 11.9 Å². The zero-order valence-electron chi connectivity index (χ0n) is 19.1. The van der Waals surface area contributed by atoms with Crippen LogP contribution in [0.2, 0.25) is 0 Å². The molecule has 2 aromatic rings. The molecule has 33 heavy (non-hydrogen) atoms. The average Bonchev–Trinajstić information content (AvgIpc) is 3.04. The minimum Gasteiger partial charge on any atom is -0.478 e. The number of carbonyl (C=O) groups excluding carboxylic acids is 1. The molecule has 0 saturated carbocycles. The fraction of sp³-hybridized carbons (Fsp3) is 0.360. The van der Waals surface area contributed by atoms with Gasteiger partial charge < -0.3 is 23.8 Å². The van der Waals surface area contributed by atoms with E-state index in [4.69, 9.17) is 23.9 Å². The molecule has 0 bridgehead atoms. The lowest BCUT2D eigenvalue weighted by molar-refractivity contribution is -0.109. The van der Waals surface area contributed by atoms with Crippen LogP contribution >= 0.6 is 0 Å². The fourth-order valence-corrected chi connectivity index (χ4v) is 3.97. The summed E-state index contributed by atoms with van der Waals surface area (Å²) in [6, 6.07) is 11.1. The third kappa shape index (κ3) is 5.18. The van der Waals surface area contributed by atoms with Crippen molar-refractivity contribution in [3.63, 3.8) is 0 Å². The summed E-state index contributed by atoms with van der Waals surface area (Å²) >= 11 is 0. The van der Waals surface area contributed by atoms with E-state index < -0.39 is 12.4 Å². The number of aromatic nitrogens is 1. The predicted octanol–water partition coefficient (Wildman–Crippen LogP) is 4.53. The first-order chi connectivity index (χ1) is 16.1. The summed E-state index contributed by atoms with van der Waals surface area (Å²) in [5, 5.41) is 0. The largest absolute Gasteiger partial charge is 0.478 e. The Bertz CT molecular complexity index is 1020. The number of fused-ring (bicyclic) bond motifs is 1. The zero-order chi connectivity index (χ0) is 23.2. The maximum absolute atomic E-state index is 13.0. The van der Waals surface area contributed by atoms with Crippen LogP contribution in [0.3, 0.4) is 0 Å². The summed E-state index contributed by atoms with van der Waals surface area (Å²) in [6.45, 7) is 3.06. The smallest absolute Gasteiger partial charge is 0.420 e. The second-order valence-electron chi connectivity index (χ2n) is 7.83. The van der Waals surface area contributed by atoms with Crippen molar-refractivity contribution < 1.29 is 23.7 Å². The number of allylic oxidation sites excluding steroid dienone is 2. The Morgan fingerprint density at radius 3 is 2.76 bits per heavy atom. The van der Waals surface area contributed by atoms with E-state index in [1.54, 1.807) is 37.5 Å². The molecule has 3 heterocycles. The molecular formula is C25H29N3O5. The van der Waals surface area contributed by atoms with Crippen LogP contribution in [0.4, 0.5) is 10.6 Å². The summed E-state index contributed by atoms with van der Waals surface area (Å²) in [6.07, 6.45) is 7.80. The van der Waals surface area contributed by atoms with Gasteiger partial charge in [0.05, 0.1) is 6.26 Å². The van der Waals surface area contributed by atoms with Crippen molar-refractivity contribution in [3.8, 4) is 5.75 Å². The topological polar surface area (TPSA) is 73.4 Å². The number of hydrogen-bond donors (Lipinski definition) is 0. The van der Waals surface area contributed by atoms with E-state index in [2.05, 4.69) is 11.0 Å². The van der Waals surface area contributed by atoms with Crippen molar-refractivity contribution in [1.29, 1.82) is 0 Å². The highest BCUT2D eigenvalue weighted by molar-refractivity contribution is 5.89. The number of anilines is 1. The number of methoxy groups -OCH3 is 2. The second kappa shape index (κ2) is 10.5. The van der Waals surface area contributed by atoms with E-state index in [0.29, 0.717) is 30.4 Å². The van der Waals surface area contributed by atoms with Crippen LogP contribution < -0.4 is 9.64 Å². The first kappa shape index (κ1) is 22.8. The number of ether oxygens (including phenoxy) is 4. The molecule has 4 rings (SSSR count). The van der Waals surface area contributed by atoms with Crippen LogP contribution in [0.1, 0.15) is 36.5 Å². The van der Waals surface area contributed by atoms with Gasteiger partial charge in [-0.1, -0.05) is 18.2 Å². The minimum absolute atomic E-state index is 0.148. The molecule has 0 aliphatic carbocycles. The van der Waals surface area contributed by atoms with Gasteiger partial charge in [-0.2, -0.15) is 0 Å². The molecule has 0 radical (unpaired) electrons. The van der Waals surface area contributed by atoms with Crippen LogP contribution in [0.15, 0.2) is 61.0 Å². The lowest BCUT2D eigenvalue weighted by atomic mass is 10.0. The number of aryl methyl sites for hydroxylation is 1. The number of carbonyl (C=O) groups is 1. The zero-order valence-corrected chi connectivity index (χ0v) is 19.1. The molecule has 1 unspecified atom stereocenters. The van der Waals surface area contributed by atoms with Gasteiger partial charge in [0.15, 0.2) is 6.23 Å². The number of rotatable bonds is 6. The Kier molecular flexibility index (Phi) is 7.26. The third-order valence-corrected chi connectivity index (χ3v) is 5.66. The Morgan fingerprint density at radius 2 is 2.00 bits per heavy atom. The molecule has 8 nitrogen and oxygen atoms in total. The first-order valence-corrected chi connectivity index (χ1v) is 11.0. The van der Waals surface area contributed by atoms with E-state index in [-0.39, 0.29) is 6.23 Å². The van der Waals surface area contributed by atoms with Gasteiger partial charge >= 0.3 is 6.09 Å². The molecule has 0 saturated heterocycles. The van der Waals surface area contributed by atoms with Crippen molar-refractivity contribution in [3.05, 3.63) is 77.8 Å². The average molecular weight is 452 g/mol. The van der Waals surface area contributed by atoms with E-state index in [1.165, 1.54) is 0 Å². The molecule has 2 aliphatic heterocycles. The van der Waals surface area contributed by atoms with Crippen LogP contribution in [0.5, 0.6) is 5.75 Å². The van der Waals surface area contributed by atoms with Crippen LogP contribution in [-0.4, -0.2) is 43.0 Å². The molecule has 174 valence electrons. The van der Waals surface area contributed by atoms with E-state index >= 15 is 0 Å². The number of benzene rings is 1. The number of para-hydroxylation sites is 1. The number of amides is 1. The van der Waals surface area contributed by atoms with E-state index in [0.717, 1.165) is 24.0 Å². The molecule has 1 amide bonds. The number of pyridine rings is 1. The van der Waals surface area contributed by atoms with Crippen molar-refractivity contribution in [2.75, 3.05) is 25.7 Å². The molecule has 1 aromatic carbocycles. The van der Waals surface area contributed by atoms with Crippen molar-refractivity contribution in [1.82, 2.24) is 9.88 Å². The molecule has 0 N–H and O–H groups in total. The summed E-state index contributed by atoms with van der Waals surface area (Å²) in [4.78, 5) is 21.5. The Balaban J connectivity index is 1.67.